The Morgan fingerprint density at radius 3 is 3.11 bits per heavy atom. The molecule has 98 valence electrons. The first-order chi connectivity index (χ1) is 8.84. The highest BCUT2D eigenvalue weighted by atomic mass is 16.5. The SMILES string of the molecule is NC(CC1CCOC1)c1cccc2c1OCCC2. The number of hydrogen-bond donors (Lipinski definition) is 1. The van der Waals surface area contributed by atoms with Gasteiger partial charge in [-0.2, -0.15) is 0 Å². The molecule has 2 aliphatic heterocycles. The van der Waals surface area contributed by atoms with Gasteiger partial charge in [0, 0.05) is 24.8 Å². The van der Waals surface area contributed by atoms with E-state index >= 15 is 0 Å². The second-order valence-electron chi connectivity index (χ2n) is 5.36. The maximum Gasteiger partial charge on any atom is 0.127 e. The van der Waals surface area contributed by atoms with Gasteiger partial charge in [0.15, 0.2) is 0 Å². The van der Waals surface area contributed by atoms with Crippen LogP contribution in [-0.4, -0.2) is 19.8 Å². The number of ether oxygens (including phenoxy) is 2. The summed E-state index contributed by atoms with van der Waals surface area (Å²) in [5.41, 5.74) is 8.86. The molecule has 1 aromatic rings. The van der Waals surface area contributed by atoms with Crippen molar-refractivity contribution < 1.29 is 9.47 Å². The van der Waals surface area contributed by atoms with Crippen LogP contribution < -0.4 is 10.5 Å². The summed E-state index contributed by atoms with van der Waals surface area (Å²) in [5.74, 6) is 1.66. The number of para-hydroxylation sites is 1. The molecule has 3 rings (SSSR count). The van der Waals surface area contributed by atoms with Crippen LogP contribution in [0, 0.1) is 5.92 Å². The standard InChI is InChI=1S/C15H21NO2/c16-14(9-11-6-8-17-10-11)13-5-1-3-12-4-2-7-18-15(12)13/h1,3,5,11,14H,2,4,6-10,16H2. The molecule has 0 aliphatic carbocycles. The van der Waals surface area contributed by atoms with Crippen molar-refractivity contribution >= 4 is 0 Å². The van der Waals surface area contributed by atoms with Gasteiger partial charge >= 0.3 is 0 Å². The molecule has 1 aromatic carbocycles. The highest BCUT2D eigenvalue weighted by Gasteiger charge is 2.23. The molecule has 1 saturated heterocycles. The van der Waals surface area contributed by atoms with Crippen molar-refractivity contribution in [3.8, 4) is 5.75 Å². The van der Waals surface area contributed by atoms with Crippen LogP contribution in [0.4, 0.5) is 0 Å². The van der Waals surface area contributed by atoms with Gasteiger partial charge in [-0.05, 0) is 37.2 Å². The third-order valence-electron chi connectivity index (χ3n) is 3.97. The van der Waals surface area contributed by atoms with E-state index in [1.54, 1.807) is 0 Å². The Morgan fingerprint density at radius 1 is 1.33 bits per heavy atom. The first kappa shape index (κ1) is 12.0. The lowest BCUT2D eigenvalue weighted by molar-refractivity contribution is 0.182. The lowest BCUT2D eigenvalue weighted by atomic mass is 9.92. The molecule has 2 N–H and O–H groups in total. The highest BCUT2D eigenvalue weighted by Crippen LogP contribution is 2.35. The smallest absolute Gasteiger partial charge is 0.127 e. The fourth-order valence-electron chi connectivity index (χ4n) is 2.96. The summed E-state index contributed by atoms with van der Waals surface area (Å²) < 4.78 is 11.2. The van der Waals surface area contributed by atoms with Crippen LogP contribution in [0.3, 0.4) is 0 Å². The van der Waals surface area contributed by atoms with Gasteiger partial charge in [-0.25, -0.2) is 0 Å². The molecule has 2 unspecified atom stereocenters. The minimum Gasteiger partial charge on any atom is -0.493 e. The van der Waals surface area contributed by atoms with Gasteiger partial charge in [0.1, 0.15) is 5.75 Å². The van der Waals surface area contributed by atoms with Crippen molar-refractivity contribution in [3.63, 3.8) is 0 Å². The molecule has 0 aromatic heterocycles. The van der Waals surface area contributed by atoms with E-state index in [2.05, 4.69) is 18.2 Å². The third kappa shape index (κ3) is 2.38. The Bertz CT molecular complexity index is 413. The Kier molecular flexibility index (Phi) is 3.52. The molecule has 0 saturated carbocycles. The molecule has 2 aliphatic rings. The summed E-state index contributed by atoms with van der Waals surface area (Å²) >= 11 is 0. The predicted molar refractivity (Wildman–Crippen MR) is 70.7 cm³/mol. The molecule has 0 amide bonds. The lowest BCUT2D eigenvalue weighted by Crippen LogP contribution is -2.19. The largest absolute Gasteiger partial charge is 0.493 e. The predicted octanol–water partition coefficient (Wildman–Crippen LogP) is 2.44. The van der Waals surface area contributed by atoms with Crippen molar-refractivity contribution in [1.82, 2.24) is 0 Å². The van der Waals surface area contributed by atoms with Crippen LogP contribution >= 0.6 is 0 Å². The molecule has 0 spiro atoms. The van der Waals surface area contributed by atoms with E-state index in [9.17, 15) is 0 Å². The summed E-state index contributed by atoms with van der Waals surface area (Å²) in [6, 6.07) is 6.45. The van der Waals surface area contributed by atoms with Gasteiger partial charge in [-0.3, -0.25) is 0 Å². The Labute approximate surface area is 108 Å². The topological polar surface area (TPSA) is 44.5 Å². The van der Waals surface area contributed by atoms with Crippen molar-refractivity contribution in [3.05, 3.63) is 29.3 Å². The molecule has 3 heteroatoms. The average molecular weight is 247 g/mol. The molecular formula is C15H21NO2. The van der Waals surface area contributed by atoms with Crippen LogP contribution in [-0.2, 0) is 11.2 Å². The van der Waals surface area contributed by atoms with Crippen molar-refractivity contribution in [2.45, 2.75) is 31.7 Å². The molecule has 0 bridgehead atoms. The zero-order valence-corrected chi connectivity index (χ0v) is 10.7. The number of nitrogens with two attached hydrogens (primary N) is 1. The second kappa shape index (κ2) is 5.29. The van der Waals surface area contributed by atoms with Gasteiger partial charge < -0.3 is 15.2 Å². The maximum atomic E-state index is 6.36. The molecule has 1 fully saturated rings. The van der Waals surface area contributed by atoms with Crippen LogP contribution in [0.2, 0.25) is 0 Å². The summed E-state index contributed by atoms with van der Waals surface area (Å²) in [5, 5.41) is 0. The Hall–Kier alpha value is -1.06. The zero-order valence-electron chi connectivity index (χ0n) is 10.7. The molecule has 18 heavy (non-hydrogen) atoms. The minimum absolute atomic E-state index is 0.0738. The Balaban J connectivity index is 1.78. The molecule has 0 radical (unpaired) electrons. The number of hydrogen-bond acceptors (Lipinski definition) is 3. The van der Waals surface area contributed by atoms with E-state index in [1.165, 1.54) is 11.1 Å². The minimum atomic E-state index is 0.0738. The molecule has 2 heterocycles. The van der Waals surface area contributed by atoms with E-state index in [0.717, 1.165) is 51.3 Å². The van der Waals surface area contributed by atoms with Gasteiger partial charge in [0.05, 0.1) is 6.61 Å². The van der Waals surface area contributed by atoms with Gasteiger partial charge in [-0.15, -0.1) is 0 Å². The van der Waals surface area contributed by atoms with Gasteiger partial charge in [0.2, 0.25) is 0 Å². The number of rotatable bonds is 3. The van der Waals surface area contributed by atoms with E-state index in [4.69, 9.17) is 15.2 Å². The van der Waals surface area contributed by atoms with Crippen LogP contribution in [0.15, 0.2) is 18.2 Å². The van der Waals surface area contributed by atoms with E-state index in [-0.39, 0.29) is 6.04 Å². The molecule has 2 atom stereocenters. The number of aryl methyl sites for hydroxylation is 1. The van der Waals surface area contributed by atoms with Gasteiger partial charge in [0.25, 0.3) is 0 Å². The van der Waals surface area contributed by atoms with Crippen molar-refractivity contribution in [1.29, 1.82) is 0 Å². The van der Waals surface area contributed by atoms with E-state index in [1.807, 2.05) is 0 Å². The first-order valence-electron chi connectivity index (χ1n) is 6.92. The normalized spacial score (nSPS) is 24.4. The van der Waals surface area contributed by atoms with Crippen molar-refractivity contribution in [2.75, 3.05) is 19.8 Å². The number of benzene rings is 1. The fourth-order valence-corrected chi connectivity index (χ4v) is 2.96. The summed E-state index contributed by atoms with van der Waals surface area (Å²) in [6.07, 6.45) is 4.37. The Morgan fingerprint density at radius 2 is 2.28 bits per heavy atom. The third-order valence-corrected chi connectivity index (χ3v) is 3.97. The van der Waals surface area contributed by atoms with Crippen LogP contribution in [0.1, 0.15) is 36.4 Å². The summed E-state index contributed by atoms with van der Waals surface area (Å²) in [6.45, 7) is 2.58. The zero-order chi connectivity index (χ0) is 12.4. The van der Waals surface area contributed by atoms with E-state index < -0.39 is 0 Å². The summed E-state index contributed by atoms with van der Waals surface area (Å²) in [7, 11) is 0. The average Bonchev–Trinajstić information content (AvgIpc) is 2.91. The fraction of sp³-hybridized carbons (Fsp3) is 0.600. The maximum absolute atomic E-state index is 6.36. The highest BCUT2D eigenvalue weighted by molar-refractivity contribution is 5.44. The quantitative estimate of drug-likeness (QED) is 0.892. The van der Waals surface area contributed by atoms with Crippen LogP contribution in [0.5, 0.6) is 5.75 Å². The van der Waals surface area contributed by atoms with E-state index in [0.29, 0.717) is 5.92 Å². The summed E-state index contributed by atoms with van der Waals surface area (Å²) in [4.78, 5) is 0. The first-order valence-corrected chi connectivity index (χ1v) is 6.92. The number of fused-ring (bicyclic) bond motifs is 1. The van der Waals surface area contributed by atoms with Crippen LogP contribution in [0.25, 0.3) is 0 Å². The monoisotopic (exact) mass is 247 g/mol. The van der Waals surface area contributed by atoms with Crippen molar-refractivity contribution in [2.24, 2.45) is 11.7 Å². The second-order valence-corrected chi connectivity index (χ2v) is 5.36. The lowest BCUT2D eigenvalue weighted by Gasteiger charge is -2.24. The molecule has 3 nitrogen and oxygen atoms in total. The molecular weight excluding hydrogens is 226 g/mol. The van der Waals surface area contributed by atoms with Gasteiger partial charge in [-0.1, -0.05) is 18.2 Å².